The fourth-order valence-corrected chi connectivity index (χ4v) is 3.69. The molecule has 1 N–H and O–H groups in total. The Balaban J connectivity index is 1.67. The van der Waals surface area contributed by atoms with Gasteiger partial charge in [0.2, 0.25) is 0 Å². The lowest BCUT2D eigenvalue weighted by molar-refractivity contribution is -0.127. The van der Waals surface area contributed by atoms with Gasteiger partial charge in [-0.05, 0) is 11.6 Å². The molecule has 0 atom stereocenters. The average molecular weight is 399 g/mol. The summed E-state index contributed by atoms with van der Waals surface area (Å²) in [6, 6.07) is 5.76. The fourth-order valence-electron chi connectivity index (χ4n) is 2.88. The molecular weight excluding hydrogens is 383 g/mol. The summed E-state index contributed by atoms with van der Waals surface area (Å²) in [5.74, 6) is -1.48. The number of aromatic carboxylic acids is 1. The molecule has 0 saturated carbocycles. The van der Waals surface area contributed by atoms with Gasteiger partial charge in [-0.1, -0.05) is 29.5 Å². The number of alkyl halides is 3. The van der Waals surface area contributed by atoms with Crippen LogP contribution in [0.15, 0.2) is 30.5 Å². The molecule has 0 unspecified atom stereocenters. The number of hydrogen-bond acceptors (Lipinski definition) is 5. The number of carbonyl (C=O) groups is 2. The third-order valence-electron chi connectivity index (χ3n) is 4.18. The van der Waals surface area contributed by atoms with E-state index < -0.39 is 24.5 Å². The summed E-state index contributed by atoms with van der Waals surface area (Å²) in [7, 11) is 0. The summed E-state index contributed by atoms with van der Waals surface area (Å²) < 4.78 is 38.2. The Morgan fingerprint density at radius 1 is 1.15 bits per heavy atom. The molecule has 1 fully saturated rings. The maximum Gasteiger partial charge on any atom is 0.393 e. The van der Waals surface area contributed by atoms with Crippen LogP contribution < -0.4 is 4.90 Å². The second kappa shape index (κ2) is 7.55. The van der Waals surface area contributed by atoms with E-state index in [9.17, 15) is 22.8 Å². The molecule has 144 valence electrons. The summed E-state index contributed by atoms with van der Waals surface area (Å²) >= 11 is 1.05. The molecule has 1 aromatic carbocycles. The van der Waals surface area contributed by atoms with Gasteiger partial charge < -0.3 is 14.9 Å². The van der Waals surface area contributed by atoms with Gasteiger partial charge >= 0.3 is 12.1 Å². The zero-order chi connectivity index (χ0) is 19.6. The quantitative estimate of drug-likeness (QED) is 0.856. The number of anilines is 1. The standard InChI is InChI=1S/C17H16F3N3O3S/c18-17(19,20)9-11-3-1-2-4-12(11)14(24)22-5-7-23(8-6-22)16-21-10-13(27-16)15(25)26/h1-4,10H,5-9H2,(H,25,26). The van der Waals surface area contributed by atoms with Crippen molar-refractivity contribution in [3.63, 3.8) is 0 Å². The molecule has 2 heterocycles. The Labute approximate surface area is 156 Å². The Hall–Kier alpha value is -2.62. The zero-order valence-electron chi connectivity index (χ0n) is 14.1. The first-order chi connectivity index (χ1) is 12.7. The van der Waals surface area contributed by atoms with E-state index in [0.29, 0.717) is 31.3 Å². The number of nitrogens with zero attached hydrogens (tertiary/aromatic N) is 3. The third-order valence-corrected chi connectivity index (χ3v) is 5.23. The van der Waals surface area contributed by atoms with Gasteiger partial charge in [0.25, 0.3) is 5.91 Å². The molecule has 3 rings (SSSR count). The average Bonchev–Trinajstić information content (AvgIpc) is 3.11. The second-order valence-electron chi connectivity index (χ2n) is 6.04. The van der Waals surface area contributed by atoms with Gasteiger partial charge in [0, 0.05) is 31.7 Å². The van der Waals surface area contributed by atoms with Crippen LogP contribution in [0, 0.1) is 0 Å². The maximum absolute atomic E-state index is 12.7. The van der Waals surface area contributed by atoms with Crippen LogP contribution in [-0.4, -0.2) is 59.2 Å². The van der Waals surface area contributed by atoms with Crippen molar-refractivity contribution in [3.8, 4) is 0 Å². The van der Waals surface area contributed by atoms with Gasteiger partial charge in [-0.3, -0.25) is 4.79 Å². The minimum absolute atomic E-state index is 0.0385. The molecule has 27 heavy (non-hydrogen) atoms. The van der Waals surface area contributed by atoms with Crippen LogP contribution >= 0.6 is 11.3 Å². The Bertz CT molecular complexity index is 845. The lowest BCUT2D eigenvalue weighted by Crippen LogP contribution is -2.49. The number of rotatable bonds is 4. The number of carboxylic acid groups (broad SMARTS) is 1. The molecule has 1 aliphatic rings. The fraction of sp³-hybridized carbons (Fsp3) is 0.353. The molecule has 0 aliphatic carbocycles. The summed E-state index contributed by atoms with van der Waals surface area (Å²) in [4.78, 5) is 31.2. The lowest BCUT2D eigenvalue weighted by Gasteiger charge is -2.35. The third kappa shape index (κ3) is 4.57. The van der Waals surface area contributed by atoms with Gasteiger partial charge in [0.1, 0.15) is 4.88 Å². The molecule has 0 bridgehead atoms. The van der Waals surface area contributed by atoms with Crippen molar-refractivity contribution in [1.82, 2.24) is 9.88 Å². The van der Waals surface area contributed by atoms with E-state index in [1.807, 2.05) is 4.90 Å². The number of benzene rings is 1. The van der Waals surface area contributed by atoms with E-state index in [4.69, 9.17) is 5.11 Å². The number of carboxylic acids is 1. The van der Waals surface area contributed by atoms with Gasteiger partial charge in [0.15, 0.2) is 5.13 Å². The van der Waals surface area contributed by atoms with Crippen molar-refractivity contribution in [3.05, 3.63) is 46.5 Å². The Kier molecular flexibility index (Phi) is 5.36. The molecule has 10 heteroatoms. The lowest BCUT2D eigenvalue weighted by atomic mass is 10.0. The first-order valence-electron chi connectivity index (χ1n) is 8.12. The summed E-state index contributed by atoms with van der Waals surface area (Å²) in [6.45, 7) is 1.50. The number of amides is 1. The predicted octanol–water partition coefficient (Wildman–Crippen LogP) is 2.91. The predicted molar refractivity (Wildman–Crippen MR) is 93.4 cm³/mol. The highest BCUT2D eigenvalue weighted by Gasteiger charge is 2.31. The number of halogens is 3. The molecule has 1 aliphatic heterocycles. The molecule has 1 saturated heterocycles. The molecule has 2 aromatic rings. The molecular formula is C17H16F3N3O3S. The largest absolute Gasteiger partial charge is 0.477 e. The number of aromatic nitrogens is 1. The van der Waals surface area contributed by atoms with Crippen molar-refractivity contribution in [2.45, 2.75) is 12.6 Å². The van der Waals surface area contributed by atoms with Gasteiger partial charge in [0.05, 0.1) is 12.6 Å². The summed E-state index contributed by atoms with van der Waals surface area (Å²) in [5.41, 5.74) is 0.0224. The highest BCUT2D eigenvalue weighted by atomic mass is 32.1. The van der Waals surface area contributed by atoms with Gasteiger partial charge in [-0.25, -0.2) is 9.78 Å². The van der Waals surface area contributed by atoms with Gasteiger partial charge in [-0.2, -0.15) is 13.2 Å². The first kappa shape index (κ1) is 19.2. The van der Waals surface area contributed by atoms with Gasteiger partial charge in [-0.15, -0.1) is 0 Å². The van der Waals surface area contributed by atoms with Crippen molar-refractivity contribution < 1.29 is 27.9 Å². The number of carbonyl (C=O) groups excluding carboxylic acids is 1. The van der Waals surface area contributed by atoms with E-state index in [1.54, 1.807) is 6.07 Å². The Morgan fingerprint density at radius 3 is 2.41 bits per heavy atom. The number of piperazine rings is 1. The second-order valence-corrected chi connectivity index (χ2v) is 7.05. The minimum Gasteiger partial charge on any atom is -0.477 e. The van der Waals surface area contributed by atoms with Crippen molar-refractivity contribution >= 4 is 28.3 Å². The normalized spacial score (nSPS) is 15.1. The van der Waals surface area contributed by atoms with Crippen LogP contribution in [0.3, 0.4) is 0 Å². The summed E-state index contributed by atoms with van der Waals surface area (Å²) in [5, 5.41) is 9.52. The Morgan fingerprint density at radius 2 is 1.81 bits per heavy atom. The van der Waals surface area contributed by atoms with Crippen molar-refractivity contribution in [2.75, 3.05) is 31.1 Å². The van der Waals surface area contributed by atoms with Crippen LogP contribution in [0.5, 0.6) is 0 Å². The number of hydrogen-bond donors (Lipinski definition) is 1. The molecule has 1 amide bonds. The van der Waals surface area contributed by atoms with E-state index in [-0.39, 0.29) is 16.0 Å². The monoisotopic (exact) mass is 399 g/mol. The van der Waals surface area contributed by atoms with Crippen molar-refractivity contribution in [1.29, 1.82) is 0 Å². The number of thiazole rings is 1. The SMILES string of the molecule is O=C(O)c1cnc(N2CCN(C(=O)c3ccccc3CC(F)(F)F)CC2)s1. The van der Waals surface area contributed by atoms with Crippen molar-refractivity contribution in [2.24, 2.45) is 0 Å². The minimum atomic E-state index is -4.39. The molecule has 0 radical (unpaired) electrons. The van der Waals surface area contributed by atoms with Crippen LogP contribution in [0.1, 0.15) is 25.6 Å². The highest BCUT2D eigenvalue weighted by Crippen LogP contribution is 2.26. The zero-order valence-corrected chi connectivity index (χ0v) is 14.9. The topological polar surface area (TPSA) is 73.7 Å². The van der Waals surface area contributed by atoms with E-state index in [1.165, 1.54) is 29.3 Å². The van der Waals surface area contributed by atoms with Crippen LogP contribution in [0.25, 0.3) is 0 Å². The summed E-state index contributed by atoms with van der Waals surface area (Å²) in [6.07, 6.45) is -4.25. The molecule has 0 spiro atoms. The first-order valence-corrected chi connectivity index (χ1v) is 8.94. The van der Waals surface area contributed by atoms with Crippen LogP contribution in [-0.2, 0) is 6.42 Å². The maximum atomic E-state index is 12.7. The van der Waals surface area contributed by atoms with E-state index in [0.717, 1.165) is 11.3 Å². The smallest absolute Gasteiger partial charge is 0.393 e. The van der Waals surface area contributed by atoms with Crippen LogP contribution in [0.4, 0.5) is 18.3 Å². The molecule has 1 aromatic heterocycles. The molecule has 6 nitrogen and oxygen atoms in total. The van der Waals surface area contributed by atoms with E-state index >= 15 is 0 Å². The highest BCUT2D eigenvalue weighted by molar-refractivity contribution is 7.17. The van der Waals surface area contributed by atoms with Crippen LogP contribution in [0.2, 0.25) is 0 Å². The van der Waals surface area contributed by atoms with E-state index in [2.05, 4.69) is 4.98 Å².